The molecule has 1 aliphatic carbocycles. The summed E-state index contributed by atoms with van der Waals surface area (Å²) in [4.78, 5) is 29.1. The van der Waals surface area contributed by atoms with Crippen molar-refractivity contribution in [2.75, 3.05) is 6.61 Å². The first kappa shape index (κ1) is 19.2. The maximum Gasteiger partial charge on any atom is 0.336 e. The van der Waals surface area contributed by atoms with Crippen LogP contribution in [0.3, 0.4) is 0 Å². The van der Waals surface area contributed by atoms with Gasteiger partial charge in [0.15, 0.2) is 6.61 Å². The zero-order chi connectivity index (χ0) is 20.2. The lowest BCUT2D eigenvalue weighted by molar-refractivity contribution is 0.0831. The average molecular weight is 392 g/mol. The molecule has 150 valence electrons. The maximum atomic E-state index is 12.8. The summed E-state index contributed by atoms with van der Waals surface area (Å²) in [6.07, 6.45) is 7.53. The molecule has 0 N–H and O–H groups in total. The van der Waals surface area contributed by atoms with Gasteiger partial charge in [-0.15, -0.1) is 0 Å². The summed E-state index contributed by atoms with van der Waals surface area (Å²) in [5, 5.41) is 0.796. The van der Waals surface area contributed by atoms with Crippen LogP contribution in [-0.4, -0.2) is 23.1 Å². The van der Waals surface area contributed by atoms with Crippen LogP contribution < -0.4 is 15.9 Å². The molecule has 3 aromatic rings. The second-order valence-corrected chi connectivity index (χ2v) is 7.49. The number of nitrogens with zero attached hydrogens (tertiary/aromatic N) is 2. The largest absolute Gasteiger partial charge is 0.484 e. The highest BCUT2D eigenvalue weighted by atomic mass is 16.5. The number of hydrogen-bond acceptors (Lipinski definition) is 5. The lowest BCUT2D eigenvalue weighted by atomic mass is 9.96. The lowest BCUT2D eigenvalue weighted by Gasteiger charge is -2.18. The van der Waals surface area contributed by atoms with Gasteiger partial charge in [0.1, 0.15) is 16.8 Å². The van der Waals surface area contributed by atoms with E-state index in [-0.39, 0.29) is 18.6 Å². The van der Waals surface area contributed by atoms with E-state index in [1.165, 1.54) is 25.3 Å². The molecule has 0 unspecified atom stereocenters. The van der Waals surface area contributed by atoms with Gasteiger partial charge in [0.05, 0.1) is 6.04 Å². The van der Waals surface area contributed by atoms with Crippen LogP contribution in [0, 0.1) is 6.92 Å². The van der Waals surface area contributed by atoms with Crippen molar-refractivity contribution >= 4 is 16.9 Å². The number of pyridine rings is 1. The second-order valence-electron chi connectivity index (χ2n) is 7.49. The van der Waals surface area contributed by atoms with E-state index < -0.39 is 5.63 Å². The van der Waals surface area contributed by atoms with Crippen molar-refractivity contribution in [3.05, 3.63) is 70.1 Å². The van der Waals surface area contributed by atoms with Crippen molar-refractivity contribution in [1.82, 2.24) is 4.57 Å². The molecule has 0 saturated heterocycles. The van der Waals surface area contributed by atoms with Gasteiger partial charge in [0.2, 0.25) is 0 Å². The Labute approximate surface area is 168 Å². The molecule has 1 aromatic carbocycles. The van der Waals surface area contributed by atoms with Crippen LogP contribution in [0.25, 0.3) is 11.0 Å². The first-order chi connectivity index (χ1) is 14.1. The fourth-order valence-electron chi connectivity index (χ4n) is 3.64. The van der Waals surface area contributed by atoms with Crippen molar-refractivity contribution < 1.29 is 13.9 Å². The summed E-state index contributed by atoms with van der Waals surface area (Å²) in [7, 11) is 0. The number of rotatable bonds is 4. The highest BCUT2D eigenvalue weighted by Crippen LogP contribution is 2.20. The van der Waals surface area contributed by atoms with Gasteiger partial charge in [-0.1, -0.05) is 19.3 Å². The van der Waals surface area contributed by atoms with E-state index in [1.54, 1.807) is 35.0 Å². The Morgan fingerprint density at radius 1 is 1.14 bits per heavy atom. The molecule has 2 heterocycles. The number of carbonyl (C=O) groups is 1. The summed E-state index contributed by atoms with van der Waals surface area (Å²) in [6.45, 7) is 1.86. The van der Waals surface area contributed by atoms with Crippen molar-refractivity contribution in [1.29, 1.82) is 0 Å². The number of aryl methyl sites for hydroxylation is 1. The molecule has 0 aliphatic heterocycles. The maximum absolute atomic E-state index is 12.8. The second kappa shape index (κ2) is 8.47. The minimum Gasteiger partial charge on any atom is -0.484 e. The van der Waals surface area contributed by atoms with Crippen LogP contribution in [0.2, 0.25) is 0 Å². The molecular weight excluding hydrogens is 368 g/mol. The van der Waals surface area contributed by atoms with Gasteiger partial charge in [-0.3, -0.25) is 14.4 Å². The van der Waals surface area contributed by atoms with E-state index in [0.29, 0.717) is 16.8 Å². The van der Waals surface area contributed by atoms with Crippen LogP contribution >= 0.6 is 0 Å². The van der Waals surface area contributed by atoms with Crippen LogP contribution in [0.5, 0.6) is 5.75 Å². The predicted octanol–water partition coefficient (Wildman–Crippen LogP) is 3.86. The van der Waals surface area contributed by atoms with E-state index in [1.807, 2.05) is 19.1 Å². The molecular formula is C23H24N2O4. The number of fused-ring (bicyclic) bond motifs is 1. The predicted molar refractivity (Wildman–Crippen MR) is 110 cm³/mol. The smallest absolute Gasteiger partial charge is 0.336 e. The molecule has 29 heavy (non-hydrogen) atoms. The Hall–Kier alpha value is -3.15. The molecule has 6 heteroatoms. The quantitative estimate of drug-likeness (QED) is 0.632. The van der Waals surface area contributed by atoms with Gasteiger partial charge in [-0.25, -0.2) is 4.79 Å². The first-order valence-electron chi connectivity index (χ1n) is 10.0. The SMILES string of the molecule is Cc1ccn(C(=O)COc2ccc3ccc(=O)oc3c2)c(=NC2CCCCC2)c1. The zero-order valence-corrected chi connectivity index (χ0v) is 16.5. The van der Waals surface area contributed by atoms with E-state index in [9.17, 15) is 9.59 Å². The Bertz CT molecular complexity index is 1150. The van der Waals surface area contributed by atoms with Crippen LogP contribution in [-0.2, 0) is 0 Å². The van der Waals surface area contributed by atoms with Gasteiger partial charge in [-0.2, -0.15) is 0 Å². The number of aromatic nitrogens is 1. The standard InChI is InChI=1S/C23H24N2O4/c1-16-11-12-25(21(13-16)24-18-5-3-2-4-6-18)22(26)15-28-19-9-7-17-8-10-23(27)29-20(17)14-19/h7-14,18H,2-6,15H2,1H3. The summed E-state index contributed by atoms with van der Waals surface area (Å²) in [6, 6.07) is 12.3. The Kier molecular flexibility index (Phi) is 5.60. The van der Waals surface area contributed by atoms with Gasteiger partial charge in [0.25, 0.3) is 5.91 Å². The molecule has 6 nitrogen and oxygen atoms in total. The topological polar surface area (TPSA) is 73.8 Å². The molecule has 0 atom stereocenters. The molecule has 1 aliphatic rings. The average Bonchev–Trinajstić information content (AvgIpc) is 2.72. The molecule has 4 rings (SSSR count). The lowest BCUT2D eigenvalue weighted by Crippen LogP contribution is -2.32. The molecule has 0 radical (unpaired) electrons. The molecule has 1 saturated carbocycles. The zero-order valence-electron chi connectivity index (χ0n) is 16.5. The third-order valence-corrected chi connectivity index (χ3v) is 5.21. The number of hydrogen-bond donors (Lipinski definition) is 0. The summed E-state index contributed by atoms with van der Waals surface area (Å²) < 4.78 is 12.4. The molecule has 0 bridgehead atoms. The summed E-state index contributed by atoms with van der Waals surface area (Å²) >= 11 is 0. The van der Waals surface area contributed by atoms with E-state index in [0.717, 1.165) is 23.8 Å². The first-order valence-corrected chi connectivity index (χ1v) is 10.0. The molecule has 1 fully saturated rings. The monoisotopic (exact) mass is 392 g/mol. The van der Waals surface area contributed by atoms with E-state index in [4.69, 9.17) is 14.1 Å². The molecule has 0 amide bonds. The fraction of sp³-hybridized carbons (Fsp3) is 0.348. The van der Waals surface area contributed by atoms with Gasteiger partial charge in [-0.05, 0) is 55.7 Å². The Morgan fingerprint density at radius 2 is 1.93 bits per heavy atom. The number of carbonyl (C=O) groups excluding carboxylic acids is 1. The van der Waals surface area contributed by atoms with Gasteiger partial charge >= 0.3 is 5.63 Å². The van der Waals surface area contributed by atoms with Gasteiger partial charge < -0.3 is 9.15 Å². The summed E-state index contributed by atoms with van der Waals surface area (Å²) in [5.41, 5.74) is 1.75. The van der Waals surface area contributed by atoms with Crippen LogP contribution in [0.4, 0.5) is 0 Å². The minimum atomic E-state index is -0.421. The minimum absolute atomic E-state index is 0.135. The van der Waals surface area contributed by atoms with Gasteiger partial charge in [0, 0.05) is 23.7 Å². The molecule has 0 spiro atoms. The molecule has 2 aromatic heterocycles. The highest BCUT2D eigenvalue weighted by Gasteiger charge is 2.13. The van der Waals surface area contributed by atoms with Crippen molar-refractivity contribution in [2.24, 2.45) is 4.99 Å². The van der Waals surface area contributed by atoms with E-state index >= 15 is 0 Å². The van der Waals surface area contributed by atoms with E-state index in [2.05, 4.69) is 0 Å². The number of benzene rings is 1. The Balaban J connectivity index is 1.54. The third kappa shape index (κ3) is 4.65. The Morgan fingerprint density at radius 3 is 2.76 bits per heavy atom. The van der Waals surface area contributed by atoms with Crippen molar-refractivity contribution in [3.63, 3.8) is 0 Å². The van der Waals surface area contributed by atoms with Crippen molar-refractivity contribution in [2.45, 2.75) is 45.1 Å². The van der Waals surface area contributed by atoms with Crippen molar-refractivity contribution in [3.8, 4) is 5.75 Å². The highest BCUT2D eigenvalue weighted by molar-refractivity contribution is 5.81. The fourth-order valence-corrected chi connectivity index (χ4v) is 3.64. The normalized spacial score (nSPS) is 15.6. The third-order valence-electron chi connectivity index (χ3n) is 5.21. The summed E-state index contributed by atoms with van der Waals surface area (Å²) in [5.74, 6) is 0.271. The van der Waals surface area contributed by atoms with Crippen LogP contribution in [0.15, 0.2) is 62.9 Å². The number of ether oxygens (including phenoxy) is 1. The van der Waals surface area contributed by atoms with Crippen LogP contribution in [0.1, 0.15) is 42.5 Å².